The fourth-order valence-electron chi connectivity index (χ4n) is 1.97. The van der Waals surface area contributed by atoms with Crippen molar-refractivity contribution in [3.63, 3.8) is 0 Å². The molecule has 24 heavy (non-hydrogen) atoms. The average Bonchev–Trinajstić information content (AvgIpc) is 2.52. The van der Waals surface area contributed by atoms with Gasteiger partial charge in [-0.05, 0) is 42.8 Å². The van der Waals surface area contributed by atoms with E-state index in [1.807, 2.05) is 0 Å². The molecule has 0 bridgehead atoms. The molecule has 3 nitrogen and oxygen atoms in total. The summed E-state index contributed by atoms with van der Waals surface area (Å²) >= 11 is 0. The van der Waals surface area contributed by atoms with Crippen LogP contribution in [0.25, 0.3) is 6.08 Å². The highest BCUT2D eigenvalue weighted by Crippen LogP contribution is 2.30. The molecule has 7 heteroatoms. The number of aryl methyl sites for hydroxylation is 1. The van der Waals surface area contributed by atoms with Crippen LogP contribution >= 0.6 is 0 Å². The SMILES string of the molecule is Cc1ccc(S(=O)(=O)/C(C#N)=C/c2cccc(C(F)(F)F)c2)cc1. The van der Waals surface area contributed by atoms with E-state index in [4.69, 9.17) is 5.26 Å². The number of alkyl halides is 3. The maximum Gasteiger partial charge on any atom is 0.416 e. The van der Waals surface area contributed by atoms with Gasteiger partial charge >= 0.3 is 6.18 Å². The van der Waals surface area contributed by atoms with Gasteiger partial charge in [0.15, 0.2) is 0 Å². The van der Waals surface area contributed by atoms with Crippen LogP contribution < -0.4 is 0 Å². The van der Waals surface area contributed by atoms with Crippen molar-refractivity contribution in [1.82, 2.24) is 0 Å². The topological polar surface area (TPSA) is 57.9 Å². The highest BCUT2D eigenvalue weighted by atomic mass is 32.2. The Labute approximate surface area is 137 Å². The van der Waals surface area contributed by atoms with E-state index in [1.165, 1.54) is 18.2 Å². The van der Waals surface area contributed by atoms with E-state index in [1.54, 1.807) is 25.1 Å². The van der Waals surface area contributed by atoms with Gasteiger partial charge in [-0.25, -0.2) is 8.42 Å². The van der Waals surface area contributed by atoms with Crippen LogP contribution in [0.5, 0.6) is 0 Å². The van der Waals surface area contributed by atoms with Gasteiger partial charge in [0.25, 0.3) is 0 Å². The molecular weight excluding hydrogens is 339 g/mol. The first-order valence-corrected chi connectivity index (χ1v) is 8.24. The zero-order chi connectivity index (χ0) is 18.0. The summed E-state index contributed by atoms with van der Waals surface area (Å²) in [4.78, 5) is -0.710. The van der Waals surface area contributed by atoms with Crippen molar-refractivity contribution in [2.45, 2.75) is 18.0 Å². The van der Waals surface area contributed by atoms with Gasteiger partial charge in [0.2, 0.25) is 9.84 Å². The maximum atomic E-state index is 12.7. The van der Waals surface area contributed by atoms with Crippen LogP contribution in [0.4, 0.5) is 13.2 Å². The molecule has 0 aliphatic heterocycles. The Kier molecular flexibility index (Phi) is 4.81. The predicted molar refractivity (Wildman–Crippen MR) is 83.4 cm³/mol. The molecule has 0 spiro atoms. The molecule has 2 aromatic rings. The van der Waals surface area contributed by atoms with Gasteiger partial charge in [-0.15, -0.1) is 0 Å². The van der Waals surface area contributed by atoms with Gasteiger partial charge < -0.3 is 0 Å². The summed E-state index contributed by atoms with van der Waals surface area (Å²) in [5, 5.41) is 9.15. The lowest BCUT2D eigenvalue weighted by Gasteiger charge is -2.07. The molecule has 0 radical (unpaired) electrons. The first-order valence-electron chi connectivity index (χ1n) is 6.75. The van der Waals surface area contributed by atoms with Crippen LogP contribution in [-0.2, 0) is 16.0 Å². The highest BCUT2D eigenvalue weighted by molar-refractivity contribution is 7.95. The van der Waals surface area contributed by atoms with Gasteiger partial charge in [-0.2, -0.15) is 18.4 Å². The van der Waals surface area contributed by atoms with Crippen LogP contribution in [0, 0.1) is 18.3 Å². The molecule has 0 N–H and O–H groups in total. The van der Waals surface area contributed by atoms with Crippen molar-refractivity contribution in [3.05, 3.63) is 70.1 Å². The molecule has 124 valence electrons. The van der Waals surface area contributed by atoms with E-state index < -0.39 is 26.5 Å². The molecule has 0 atom stereocenters. The minimum absolute atomic E-state index is 0.0166. The van der Waals surface area contributed by atoms with Gasteiger partial charge in [0.05, 0.1) is 10.5 Å². The normalized spacial score (nSPS) is 12.7. The summed E-state index contributed by atoms with van der Waals surface area (Å²) in [6, 6.07) is 11.5. The van der Waals surface area contributed by atoms with Crippen LogP contribution in [-0.4, -0.2) is 8.42 Å². The molecule has 0 saturated carbocycles. The molecule has 0 aliphatic rings. The van der Waals surface area contributed by atoms with E-state index in [9.17, 15) is 21.6 Å². The predicted octanol–water partition coefficient (Wildman–Crippen LogP) is 4.35. The minimum Gasteiger partial charge on any atom is -0.218 e. The third kappa shape index (κ3) is 3.84. The number of halogens is 3. The zero-order valence-corrected chi connectivity index (χ0v) is 13.3. The number of hydrogen-bond acceptors (Lipinski definition) is 3. The van der Waals surface area contributed by atoms with Gasteiger partial charge in [0, 0.05) is 0 Å². The molecule has 0 amide bonds. The first-order chi connectivity index (χ1) is 11.1. The highest BCUT2D eigenvalue weighted by Gasteiger charge is 2.30. The molecular formula is C17H12F3NO2S. The smallest absolute Gasteiger partial charge is 0.218 e. The summed E-state index contributed by atoms with van der Waals surface area (Å²) in [6.45, 7) is 1.78. The number of sulfone groups is 1. The van der Waals surface area contributed by atoms with Crippen LogP contribution in [0.2, 0.25) is 0 Å². The van der Waals surface area contributed by atoms with Crippen molar-refractivity contribution in [2.24, 2.45) is 0 Å². The second-order valence-corrected chi connectivity index (χ2v) is 6.98. The quantitative estimate of drug-likeness (QED) is 0.773. The van der Waals surface area contributed by atoms with E-state index in [0.717, 1.165) is 29.8 Å². The Morgan fingerprint density at radius 3 is 2.29 bits per heavy atom. The number of nitriles is 1. The summed E-state index contributed by atoms with van der Waals surface area (Å²) in [5.74, 6) is 0. The number of allylic oxidation sites excluding steroid dienone is 1. The van der Waals surface area contributed by atoms with E-state index in [0.29, 0.717) is 0 Å². The number of benzene rings is 2. The van der Waals surface area contributed by atoms with Gasteiger partial charge in [-0.1, -0.05) is 29.8 Å². The number of nitrogens with zero attached hydrogens (tertiary/aromatic N) is 1. The summed E-state index contributed by atoms with van der Waals surface area (Å²) < 4.78 is 63.1. The van der Waals surface area contributed by atoms with Crippen LogP contribution in [0.1, 0.15) is 16.7 Å². The lowest BCUT2D eigenvalue weighted by atomic mass is 10.1. The van der Waals surface area contributed by atoms with Crippen molar-refractivity contribution in [1.29, 1.82) is 5.26 Å². The van der Waals surface area contributed by atoms with Crippen LogP contribution in [0.3, 0.4) is 0 Å². The Balaban J connectivity index is 2.50. The third-order valence-corrected chi connectivity index (χ3v) is 4.92. The molecule has 0 fully saturated rings. The largest absolute Gasteiger partial charge is 0.416 e. The van der Waals surface area contributed by atoms with Gasteiger partial charge in [0.1, 0.15) is 11.0 Å². The van der Waals surface area contributed by atoms with Gasteiger partial charge in [-0.3, -0.25) is 0 Å². The van der Waals surface area contributed by atoms with E-state index in [-0.39, 0.29) is 10.5 Å². The Morgan fingerprint density at radius 2 is 1.75 bits per heavy atom. The maximum absolute atomic E-state index is 12.7. The lowest BCUT2D eigenvalue weighted by molar-refractivity contribution is -0.137. The number of hydrogen-bond donors (Lipinski definition) is 0. The average molecular weight is 351 g/mol. The van der Waals surface area contributed by atoms with Crippen molar-refractivity contribution in [3.8, 4) is 6.07 Å². The summed E-state index contributed by atoms with van der Waals surface area (Å²) in [5.41, 5.74) is -0.0901. The molecule has 0 heterocycles. The summed E-state index contributed by atoms with van der Waals surface area (Å²) in [7, 11) is -4.10. The minimum atomic E-state index is -4.55. The standard InChI is InChI=1S/C17H12F3NO2S/c1-12-5-7-15(8-6-12)24(22,23)16(11-21)10-13-3-2-4-14(9-13)17(18,19)20/h2-10H,1H3/b16-10+. The molecule has 0 unspecified atom stereocenters. The van der Waals surface area contributed by atoms with Crippen molar-refractivity contribution < 1.29 is 21.6 Å². The Hall–Kier alpha value is -2.59. The second-order valence-electron chi connectivity index (χ2n) is 5.06. The molecule has 0 saturated heterocycles. The van der Waals surface area contributed by atoms with E-state index in [2.05, 4.69) is 0 Å². The molecule has 0 aromatic heterocycles. The Bertz CT molecular complexity index is 922. The lowest BCUT2D eigenvalue weighted by Crippen LogP contribution is -2.05. The van der Waals surface area contributed by atoms with E-state index >= 15 is 0 Å². The summed E-state index contributed by atoms with van der Waals surface area (Å²) in [6.07, 6.45) is -3.61. The Morgan fingerprint density at radius 1 is 1.12 bits per heavy atom. The molecule has 0 aliphatic carbocycles. The van der Waals surface area contributed by atoms with Crippen LogP contribution in [0.15, 0.2) is 58.3 Å². The fraction of sp³-hybridized carbons (Fsp3) is 0.118. The molecule has 2 rings (SSSR count). The number of rotatable bonds is 3. The molecule has 2 aromatic carbocycles. The first kappa shape index (κ1) is 17.8. The third-order valence-electron chi connectivity index (χ3n) is 3.24. The van der Waals surface area contributed by atoms with Crippen molar-refractivity contribution in [2.75, 3.05) is 0 Å². The van der Waals surface area contributed by atoms with Crippen molar-refractivity contribution >= 4 is 15.9 Å². The monoisotopic (exact) mass is 351 g/mol. The fourth-order valence-corrected chi connectivity index (χ4v) is 3.13. The second kappa shape index (κ2) is 6.49. The zero-order valence-electron chi connectivity index (χ0n) is 12.5.